The number of nitrogens with one attached hydrogen (secondary N) is 1. The van der Waals surface area contributed by atoms with Crippen molar-refractivity contribution < 1.29 is 5.11 Å². The maximum absolute atomic E-state index is 9.39. The molecule has 18 heavy (non-hydrogen) atoms. The number of rotatable bonds is 2. The van der Waals surface area contributed by atoms with Gasteiger partial charge < -0.3 is 5.11 Å². The molecule has 0 bridgehead atoms. The first-order valence-corrected chi connectivity index (χ1v) is 5.93. The van der Waals surface area contributed by atoms with Crippen LogP contribution in [-0.4, -0.2) is 15.3 Å². The second-order valence-corrected chi connectivity index (χ2v) is 4.40. The van der Waals surface area contributed by atoms with Crippen LogP contribution in [0.25, 0.3) is 22.0 Å². The fourth-order valence-corrected chi connectivity index (χ4v) is 2.25. The zero-order chi connectivity index (χ0) is 12.5. The number of benzene rings is 2. The summed E-state index contributed by atoms with van der Waals surface area (Å²) in [6.07, 6.45) is 0. The van der Waals surface area contributed by atoms with Crippen LogP contribution in [0.1, 0.15) is 11.3 Å². The molecule has 0 aliphatic carbocycles. The fraction of sp³-hybridized carbons (Fsp3) is 0.133. The van der Waals surface area contributed by atoms with Crippen LogP contribution < -0.4 is 0 Å². The van der Waals surface area contributed by atoms with E-state index >= 15 is 0 Å². The van der Waals surface area contributed by atoms with Crippen LogP contribution in [0.4, 0.5) is 0 Å². The summed E-state index contributed by atoms with van der Waals surface area (Å²) in [4.78, 5) is 0. The van der Waals surface area contributed by atoms with E-state index in [4.69, 9.17) is 0 Å². The molecule has 1 aromatic heterocycles. The largest absolute Gasteiger partial charge is 0.392 e. The van der Waals surface area contributed by atoms with Gasteiger partial charge >= 0.3 is 0 Å². The van der Waals surface area contributed by atoms with Gasteiger partial charge in [0.25, 0.3) is 0 Å². The second kappa shape index (κ2) is 4.27. The van der Waals surface area contributed by atoms with E-state index in [1.165, 1.54) is 0 Å². The van der Waals surface area contributed by atoms with Gasteiger partial charge in [-0.25, -0.2) is 0 Å². The lowest BCUT2D eigenvalue weighted by molar-refractivity contribution is 0.282. The zero-order valence-electron chi connectivity index (χ0n) is 10.1. The highest BCUT2D eigenvalue weighted by atomic mass is 16.3. The topological polar surface area (TPSA) is 48.9 Å². The van der Waals surface area contributed by atoms with Gasteiger partial charge in [0.05, 0.1) is 12.1 Å². The average molecular weight is 238 g/mol. The molecule has 0 spiro atoms. The quantitative estimate of drug-likeness (QED) is 0.721. The van der Waals surface area contributed by atoms with Crippen LogP contribution in [0.15, 0.2) is 42.5 Å². The van der Waals surface area contributed by atoms with Crippen LogP contribution in [0.2, 0.25) is 0 Å². The van der Waals surface area contributed by atoms with E-state index in [-0.39, 0.29) is 6.61 Å². The lowest BCUT2D eigenvalue weighted by Crippen LogP contribution is -1.88. The van der Waals surface area contributed by atoms with Crippen molar-refractivity contribution in [3.05, 3.63) is 53.7 Å². The molecule has 0 fully saturated rings. The van der Waals surface area contributed by atoms with Gasteiger partial charge in [-0.2, -0.15) is 5.10 Å². The Morgan fingerprint density at radius 3 is 2.83 bits per heavy atom. The average Bonchev–Trinajstić information content (AvgIpc) is 2.80. The van der Waals surface area contributed by atoms with Crippen molar-refractivity contribution in [2.45, 2.75) is 13.5 Å². The Morgan fingerprint density at radius 2 is 2.00 bits per heavy atom. The third kappa shape index (κ3) is 1.69. The monoisotopic (exact) mass is 238 g/mol. The summed E-state index contributed by atoms with van der Waals surface area (Å²) in [7, 11) is 0. The fourth-order valence-electron chi connectivity index (χ4n) is 2.25. The Hall–Kier alpha value is -2.13. The number of aryl methyl sites for hydroxylation is 1. The third-order valence-corrected chi connectivity index (χ3v) is 3.24. The van der Waals surface area contributed by atoms with Gasteiger partial charge in [-0.15, -0.1) is 0 Å². The maximum Gasteiger partial charge on any atom is 0.0924 e. The van der Waals surface area contributed by atoms with E-state index in [0.717, 1.165) is 33.3 Å². The summed E-state index contributed by atoms with van der Waals surface area (Å²) in [5, 5.41) is 17.7. The Morgan fingerprint density at radius 1 is 1.17 bits per heavy atom. The molecule has 0 radical (unpaired) electrons. The van der Waals surface area contributed by atoms with E-state index in [2.05, 4.69) is 16.3 Å². The number of aromatic amines is 1. The molecular formula is C15H14N2O. The molecule has 3 rings (SSSR count). The molecule has 0 unspecified atom stereocenters. The van der Waals surface area contributed by atoms with Crippen LogP contribution in [0.5, 0.6) is 0 Å². The highest BCUT2D eigenvalue weighted by Crippen LogP contribution is 2.27. The molecule has 90 valence electrons. The second-order valence-electron chi connectivity index (χ2n) is 4.40. The number of aromatic nitrogens is 2. The van der Waals surface area contributed by atoms with Crippen LogP contribution in [0.3, 0.4) is 0 Å². The van der Waals surface area contributed by atoms with Crippen LogP contribution in [0, 0.1) is 6.92 Å². The molecule has 0 aliphatic rings. The first-order chi connectivity index (χ1) is 8.79. The maximum atomic E-state index is 9.39. The van der Waals surface area contributed by atoms with Gasteiger partial charge in [0.2, 0.25) is 0 Å². The molecule has 0 saturated carbocycles. The van der Waals surface area contributed by atoms with Crippen molar-refractivity contribution >= 4 is 10.9 Å². The van der Waals surface area contributed by atoms with Gasteiger partial charge in [0, 0.05) is 11.1 Å². The Labute approximate surface area is 105 Å². The molecule has 3 aromatic rings. The van der Waals surface area contributed by atoms with Gasteiger partial charge in [-0.1, -0.05) is 30.3 Å². The lowest BCUT2D eigenvalue weighted by Gasteiger charge is -2.07. The summed E-state index contributed by atoms with van der Waals surface area (Å²) < 4.78 is 0. The molecule has 2 aromatic carbocycles. The SMILES string of the molecule is Cc1[nH]nc2ccc(-c3ccccc3CO)cc12. The number of aliphatic hydroxyl groups is 1. The summed E-state index contributed by atoms with van der Waals surface area (Å²) in [6, 6.07) is 14.1. The number of nitrogens with zero attached hydrogens (tertiary/aromatic N) is 1. The van der Waals surface area contributed by atoms with Crippen LogP contribution in [-0.2, 0) is 6.61 Å². The van der Waals surface area contributed by atoms with Crippen molar-refractivity contribution in [1.29, 1.82) is 0 Å². The minimum absolute atomic E-state index is 0.0541. The Kier molecular flexibility index (Phi) is 2.61. The van der Waals surface area contributed by atoms with Gasteiger partial charge in [-0.3, -0.25) is 5.10 Å². The first-order valence-electron chi connectivity index (χ1n) is 5.93. The molecule has 2 N–H and O–H groups in total. The molecule has 3 nitrogen and oxygen atoms in total. The van der Waals surface area contributed by atoms with Gasteiger partial charge in [0.1, 0.15) is 0 Å². The van der Waals surface area contributed by atoms with E-state index in [9.17, 15) is 5.11 Å². The molecule has 0 saturated heterocycles. The van der Waals surface area contributed by atoms with Crippen molar-refractivity contribution in [3.8, 4) is 11.1 Å². The normalized spacial score (nSPS) is 11.0. The molecular weight excluding hydrogens is 224 g/mol. The Bertz CT molecular complexity index is 701. The molecule has 0 aliphatic heterocycles. The molecule has 1 heterocycles. The smallest absolute Gasteiger partial charge is 0.0924 e. The van der Waals surface area contributed by atoms with Crippen molar-refractivity contribution in [1.82, 2.24) is 10.2 Å². The van der Waals surface area contributed by atoms with Crippen molar-refractivity contribution in [3.63, 3.8) is 0 Å². The van der Waals surface area contributed by atoms with Gasteiger partial charge in [-0.05, 0) is 35.7 Å². The van der Waals surface area contributed by atoms with E-state index in [1.54, 1.807) is 0 Å². The number of aliphatic hydroxyl groups excluding tert-OH is 1. The summed E-state index contributed by atoms with van der Waals surface area (Å²) in [6.45, 7) is 2.07. The van der Waals surface area contributed by atoms with Crippen molar-refractivity contribution in [2.24, 2.45) is 0 Å². The minimum atomic E-state index is 0.0541. The Balaban J connectivity index is 2.21. The van der Waals surface area contributed by atoms with Crippen molar-refractivity contribution in [2.75, 3.05) is 0 Å². The molecule has 3 heteroatoms. The zero-order valence-corrected chi connectivity index (χ0v) is 10.1. The standard InChI is InChI=1S/C15H14N2O/c1-10-14-8-11(6-7-15(14)17-16-10)13-5-3-2-4-12(13)9-18/h2-8,18H,9H2,1H3,(H,16,17). The highest BCUT2D eigenvalue weighted by Gasteiger charge is 2.07. The van der Waals surface area contributed by atoms with E-state index in [1.807, 2.05) is 43.3 Å². The van der Waals surface area contributed by atoms with Gasteiger partial charge in [0.15, 0.2) is 0 Å². The summed E-state index contributed by atoms with van der Waals surface area (Å²) in [5.41, 5.74) is 5.16. The lowest BCUT2D eigenvalue weighted by atomic mass is 9.98. The summed E-state index contributed by atoms with van der Waals surface area (Å²) in [5.74, 6) is 0. The summed E-state index contributed by atoms with van der Waals surface area (Å²) >= 11 is 0. The number of fused-ring (bicyclic) bond motifs is 1. The predicted octanol–water partition coefficient (Wildman–Crippen LogP) is 3.03. The van der Waals surface area contributed by atoms with E-state index < -0.39 is 0 Å². The minimum Gasteiger partial charge on any atom is -0.392 e. The predicted molar refractivity (Wildman–Crippen MR) is 72.2 cm³/mol. The molecule has 0 atom stereocenters. The van der Waals surface area contributed by atoms with Crippen LogP contribution >= 0.6 is 0 Å². The number of H-pyrrole nitrogens is 1. The first kappa shape index (κ1) is 11.0. The molecule has 0 amide bonds. The van der Waals surface area contributed by atoms with E-state index in [0.29, 0.717) is 0 Å². The number of hydrogen-bond acceptors (Lipinski definition) is 2. The number of hydrogen-bond donors (Lipinski definition) is 2. The highest BCUT2D eigenvalue weighted by molar-refractivity contribution is 5.86. The third-order valence-electron chi connectivity index (χ3n) is 3.24.